The van der Waals surface area contributed by atoms with Crippen molar-refractivity contribution in [2.45, 2.75) is 24.8 Å². The number of benzene rings is 1. The Bertz CT molecular complexity index is 306. The Kier molecular flexibility index (Phi) is 4.64. The van der Waals surface area contributed by atoms with Crippen molar-refractivity contribution in [3.63, 3.8) is 0 Å². The molecule has 1 N–H and O–H groups in total. The third-order valence-electron chi connectivity index (χ3n) is 2.96. The maximum atomic E-state index is 5.75. The second-order valence-corrected chi connectivity index (χ2v) is 4.48. The summed E-state index contributed by atoms with van der Waals surface area (Å²) >= 11 is 5.75. The molecule has 0 aliphatic carbocycles. The average molecular weight is 240 g/mol. The summed E-state index contributed by atoms with van der Waals surface area (Å²) in [7, 11) is 0. The van der Waals surface area contributed by atoms with E-state index in [0.29, 0.717) is 11.9 Å². The number of morpholine rings is 1. The number of alkyl halides is 1. The van der Waals surface area contributed by atoms with Gasteiger partial charge in [0.2, 0.25) is 0 Å². The van der Waals surface area contributed by atoms with Crippen LogP contribution in [0.25, 0.3) is 0 Å². The van der Waals surface area contributed by atoms with E-state index in [1.807, 2.05) is 0 Å². The fourth-order valence-electron chi connectivity index (χ4n) is 1.94. The van der Waals surface area contributed by atoms with Crippen molar-refractivity contribution in [2.24, 2.45) is 0 Å². The van der Waals surface area contributed by atoms with Gasteiger partial charge < -0.3 is 10.1 Å². The van der Waals surface area contributed by atoms with Crippen molar-refractivity contribution >= 4 is 11.6 Å². The molecule has 16 heavy (non-hydrogen) atoms. The summed E-state index contributed by atoms with van der Waals surface area (Å²) in [6.45, 7) is 2.68. The van der Waals surface area contributed by atoms with Gasteiger partial charge >= 0.3 is 0 Å². The first-order chi connectivity index (χ1) is 7.88. The average Bonchev–Trinajstić information content (AvgIpc) is 2.38. The highest BCUT2D eigenvalue weighted by atomic mass is 35.5. The van der Waals surface area contributed by atoms with Crippen LogP contribution >= 0.6 is 11.6 Å². The minimum absolute atomic E-state index is 0.515. The van der Waals surface area contributed by atoms with Crippen LogP contribution in [0.4, 0.5) is 0 Å². The molecule has 3 heteroatoms. The van der Waals surface area contributed by atoms with E-state index in [-0.39, 0.29) is 0 Å². The highest BCUT2D eigenvalue weighted by Crippen LogP contribution is 2.10. The van der Waals surface area contributed by atoms with Crippen molar-refractivity contribution in [3.8, 4) is 0 Å². The van der Waals surface area contributed by atoms with Gasteiger partial charge in [0.05, 0.1) is 13.2 Å². The monoisotopic (exact) mass is 239 g/mol. The third kappa shape index (κ3) is 3.48. The molecule has 2 rings (SSSR count). The zero-order valence-corrected chi connectivity index (χ0v) is 10.2. The molecule has 0 amide bonds. The summed E-state index contributed by atoms with van der Waals surface area (Å²) < 4.78 is 5.43. The van der Waals surface area contributed by atoms with E-state index in [4.69, 9.17) is 16.3 Å². The predicted molar refractivity (Wildman–Crippen MR) is 66.9 cm³/mol. The van der Waals surface area contributed by atoms with Crippen LogP contribution in [-0.4, -0.2) is 25.8 Å². The van der Waals surface area contributed by atoms with Gasteiger partial charge in [0.15, 0.2) is 0 Å². The molecule has 1 heterocycles. The summed E-state index contributed by atoms with van der Waals surface area (Å²) in [5.41, 5.74) is 2.56. The molecule has 0 spiro atoms. The SMILES string of the molecule is ClCc1ccc(CCC2COCCN2)cc1. The van der Waals surface area contributed by atoms with E-state index >= 15 is 0 Å². The minimum Gasteiger partial charge on any atom is -0.379 e. The molecule has 1 saturated heterocycles. The Labute approximate surface area is 102 Å². The van der Waals surface area contributed by atoms with E-state index in [0.717, 1.165) is 32.6 Å². The van der Waals surface area contributed by atoms with Crippen molar-refractivity contribution in [1.82, 2.24) is 5.32 Å². The predicted octanol–water partition coefficient (Wildman–Crippen LogP) is 2.35. The molecule has 1 aromatic carbocycles. The van der Waals surface area contributed by atoms with Crippen LogP contribution in [-0.2, 0) is 17.0 Å². The summed E-state index contributed by atoms with van der Waals surface area (Å²) in [6, 6.07) is 9.06. The van der Waals surface area contributed by atoms with Gasteiger partial charge in [0.1, 0.15) is 0 Å². The van der Waals surface area contributed by atoms with Crippen molar-refractivity contribution < 1.29 is 4.74 Å². The Morgan fingerprint density at radius 2 is 2.00 bits per heavy atom. The minimum atomic E-state index is 0.515. The van der Waals surface area contributed by atoms with Crippen molar-refractivity contribution in [2.75, 3.05) is 19.8 Å². The lowest BCUT2D eigenvalue weighted by atomic mass is 10.0. The van der Waals surface area contributed by atoms with Crippen LogP contribution in [0.5, 0.6) is 0 Å². The van der Waals surface area contributed by atoms with Crippen molar-refractivity contribution in [1.29, 1.82) is 0 Å². The van der Waals surface area contributed by atoms with E-state index in [1.165, 1.54) is 11.1 Å². The van der Waals surface area contributed by atoms with Crippen LogP contribution in [0.1, 0.15) is 17.5 Å². The summed E-state index contributed by atoms with van der Waals surface area (Å²) in [5, 5.41) is 3.47. The standard InChI is InChI=1S/C13H18ClNO/c14-9-12-3-1-11(2-4-12)5-6-13-10-16-8-7-15-13/h1-4,13,15H,5-10H2. The summed E-state index contributed by atoms with van der Waals surface area (Å²) in [4.78, 5) is 0. The molecular formula is C13H18ClNO. The maximum absolute atomic E-state index is 5.75. The van der Waals surface area contributed by atoms with Gasteiger partial charge in [-0.25, -0.2) is 0 Å². The van der Waals surface area contributed by atoms with Gasteiger partial charge in [-0.15, -0.1) is 11.6 Å². The number of hydrogen-bond donors (Lipinski definition) is 1. The first-order valence-corrected chi connectivity index (χ1v) is 6.37. The van der Waals surface area contributed by atoms with E-state index in [9.17, 15) is 0 Å². The Balaban J connectivity index is 1.79. The topological polar surface area (TPSA) is 21.3 Å². The van der Waals surface area contributed by atoms with Crippen LogP contribution in [0.2, 0.25) is 0 Å². The highest BCUT2D eigenvalue weighted by Gasteiger charge is 2.12. The number of rotatable bonds is 4. The van der Waals surface area contributed by atoms with E-state index < -0.39 is 0 Å². The number of aryl methyl sites for hydroxylation is 1. The van der Waals surface area contributed by atoms with Gasteiger partial charge in [-0.3, -0.25) is 0 Å². The maximum Gasteiger partial charge on any atom is 0.0620 e. The second kappa shape index (κ2) is 6.24. The molecule has 88 valence electrons. The molecule has 1 unspecified atom stereocenters. The fraction of sp³-hybridized carbons (Fsp3) is 0.538. The molecule has 1 aliphatic heterocycles. The zero-order valence-electron chi connectivity index (χ0n) is 9.42. The summed E-state index contributed by atoms with van der Waals surface area (Å²) in [5.74, 6) is 0.596. The normalized spacial score (nSPS) is 20.9. The molecule has 0 radical (unpaired) electrons. The molecule has 0 bridgehead atoms. The molecule has 1 fully saturated rings. The molecule has 2 nitrogen and oxygen atoms in total. The van der Waals surface area contributed by atoms with Gasteiger partial charge in [-0.1, -0.05) is 24.3 Å². The lowest BCUT2D eigenvalue weighted by molar-refractivity contribution is 0.0743. The van der Waals surface area contributed by atoms with Gasteiger partial charge in [0, 0.05) is 18.5 Å². The van der Waals surface area contributed by atoms with Crippen LogP contribution in [0.3, 0.4) is 0 Å². The lowest BCUT2D eigenvalue weighted by Crippen LogP contribution is -2.41. The molecule has 0 saturated carbocycles. The number of halogens is 1. The fourth-order valence-corrected chi connectivity index (χ4v) is 2.12. The number of nitrogens with one attached hydrogen (secondary N) is 1. The molecular weight excluding hydrogens is 222 g/mol. The van der Waals surface area contributed by atoms with E-state index in [1.54, 1.807) is 0 Å². The zero-order chi connectivity index (χ0) is 11.2. The molecule has 1 atom stereocenters. The Hall–Kier alpha value is -0.570. The first-order valence-electron chi connectivity index (χ1n) is 5.83. The smallest absolute Gasteiger partial charge is 0.0620 e. The second-order valence-electron chi connectivity index (χ2n) is 4.21. The summed E-state index contributed by atoms with van der Waals surface area (Å²) in [6.07, 6.45) is 2.24. The van der Waals surface area contributed by atoms with Gasteiger partial charge in [-0.05, 0) is 24.0 Å². The van der Waals surface area contributed by atoms with Gasteiger partial charge in [0.25, 0.3) is 0 Å². The van der Waals surface area contributed by atoms with Gasteiger partial charge in [-0.2, -0.15) is 0 Å². The van der Waals surface area contributed by atoms with Crippen molar-refractivity contribution in [3.05, 3.63) is 35.4 Å². The Morgan fingerprint density at radius 3 is 2.62 bits per heavy atom. The lowest BCUT2D eigenvalue weighted by Gasteiger charge is -2.23. The molecule has 1 aromatic rings. The highest BCUT2D eigenvalue weighted by molar-refractivity contribution is 6.17. The largest absolute Gasteiger partial charge is 0.379 e. The van der Waals surface area contributed by atoms with Crippen LogP contribution in [0, 0.1) is 0 Å². The quantitative estimate of drug-likeness (QED) is 0.815. The number of ether oxygens (including phenoxy) is 1. The number of hydrogen-bond acceptors (Lipinski definition) is 2. The molecule has 0 aromatic heterocycles. The third-order valence-corrected chi connectivity index (χ3v) is 3.27. The first kappa shape index (κ1) is 11.9. The van der Waals surface area contributed by atoms with Crippen LogP contribution < -0.4 is 5.32 Å². The molecule has 1 aliphatic rings. The van der Waals surface area contributed by atoms with Crippen LogP contribution in [0.15, 0.2) is 24.3 Å². The Morgan fingerprint density at radius 1 is 1.25 bits per heavy atom. The van der Waals surface area contributed by atoms with E-state index in [2.05, 4.69) is 29.6 Å².